The zero-order valence-corrected chi connectivity index (χ0v) is 9.79. The number of carbonyl (C=O) groups excluding carboxylic acids is 1. The molecule has 1 atom stereocenters. The first-order valence-corrected chi connectivity index (χ1v) is 5.75. The summed E-state index contributed by atoms with van der Waals surface area (Å²) in [6, 6.07) is 0. The quantitative estimate of drug-likeness (QED) is 0.654. The molecule has 4 heteroatoms. The largest absolute Gasteiger partial charge is 0.384 e. The molecule has 1 aliphatic rings. The van der Waals surface area contributed by atoms with Crippen molar-refractivity contribution in [1.29, 1.82) is 0 Å². The summed E-state index contributed by atoms with van der Waals surface area (Å²) < 4.78 is 5.10. The van der Waals surface area contributed by atoms with Gasteiger partial charge in [0.25, 0.3) is 0 Å². The second-order valence-corrected chi connectivity index (χ2v) is 4.13. The minimum Gasteiger partial charge on any atom is -0.384 e. The molecule has 15 heavy (non-hydrogen) atoms. The van der Waals surface area contributed by atoms with Crippen LogP contribution in [0.15, 0.2) is 0 Å². The first-order chi connectivity index (χ1) is 7.27. The monoisotopic (exact) mass is 214 g/mol. The maximum absolute atomic E-state index is 11.7. The van der Waals surface area contributed by atoms with Gasteiger partial charge in [-0.15, -0.1) is 0 Å². The van der Waals surface area contributed by atoms with Crippen LogP contribution in [0.5, 0.6) is 0 Å². The zero-order valence-electron chi connectivity index (χ0n) is 9.79. The molecule has 4 nitrogen and oxygen atoms in total. The van der Waals surface area contributed by atoms with E-state index in [0.717, 1.165) is 39.1 Å². The summed E-state index contributed by atoms with van der Waals surface area (Å²) in [5.74, 6) is 0.757. The van der Waals surface area contributed by atoms with E-state index >= 15 is 0 Å². The molecule has 0 radical (unpaired) electrons. The predicted molar refractivity (Wildman–Crippen MR) is 59.7 cm³/mol. The fourth-order valence-corrected chi connectivity index (χ4v) is 1.91. The summed E-state index contributed by atoms with van der Waals surface area (Å²) in [7, 11) is 1.72. The standard InChI is InChI=1S/C11H22N2O2/c1-3-5-12-7-11(14)13-6-4-10(8-13)9-15-2/h10,12H,3-9H2,1-2H3. The van der Waals surface area contributed by atoms with Crippen molar-refractivity contribution in [3.05, 3.63) is 0 Å². The lowest BCUT2D eigenvalue weighted by Crippen LogP contribution is -2.37. The Bertz CT molecular complexity index is 197. The first-order valence-electron chi connectivity index (χ1n) is 5.75. The zero-order chi connectivity index (χ0) is 11.1. The van der Waals surface area contributed by atoms with Gasteiger partial charge >= 0.3 is 0 Å². The highest BCUT2D eigenvalue weighted by atomic mass is 16.5. The van der Waals surface area contributed by atoms with Crippen LogP contribution in [-0.4, -0.2) is 50.7 Å². The Hall–Kier alpha value is -0.610. The van der Waals surface area contributed by atoms with Gasteiger partial charge < -0.3 is 15.0 Å². The Morgan fingerprint density at radius 3 is 3.07 bits per heavy atom. The molecule has 1 rings (SSSR count). The average molecular weight is 214 g/mol. The van der Waals surface area contributed by atoms with Gasteiger partial charge in [-0.25, -0.2) is 0 Å². The van der Waals surface area contributed by atoms with E-state index in [4.69, 9.17) is 4.74 Å². The number of hydrogen-bond acceptors (Lipinski definition) is 3. The van der Waals surface area contributed by atoms with Crippen molar-refractivity contribution in [3.8, 4) is 0 Å². The molecule has 0 aliphatic carbocycles. The fourth-order valence-electron chi connectivity index (χ4n) is 1.91. The Balaban J connectivity index is 2.18. The molecule has 1 unspecified atom stereocenters. The molecular formula is C11H22N2O2. The van der Waals surface area contributed by atoms with Crippen molar-refractivity contribution in [1.82, 2.24) is 10.2 Å². The number of likely N-dealkylation sites (tertiary alicyclic amines) is 1. The minimum atomic E-state index is 0.224. The van der Waals surface area contributed by atoms with Crippen LogP contribution in [0.4, 0.5) is 0 Å². The number of carbonyl (C=O) groups is 1. The molecule has 1 fully saturated rings. The van der Waals surface area contributed by atoms with Crippen LogP contribution >= 0.6 is 0 Å². The van der Waals surface area contributed by atoms with E-state index in [1.54, 1.807) is 7.11 Å². The Morgan fingerprint density at radius 2 is 2.40 bits per heavy atom. The lowest BCUT2D eigenvalue weighted by Gasteiger charge is -2.16. The number of amides is 1. The molecule has 1 amide bonds. The number of rotatable bonds is 6. The normalized spacial score (nSPS) is 20.9. The molecule has 88 valence electrons. The van der Waals surface area contributed by atoms with Gasteiger partial charge in [0.1, 0.15) is 0 Å². The molecule has 1 heterocycles. The van der Waals surface area contributed by atoms with Crippen molar-refractivity contribution in [2.24, 2.45) is 5.92 Å². The van der Waals surface area contributed by atoms with E-state index in [-0.39, 0.29) is 5.91 Å². The molecule has 0 bridgehead atoms. The van der Waals surface area contributed by atoms with E-state index in [0.29, 0.717) is 12.5 Å². The summed E-state index contributed by atoms with van der Waals surface area (Å²) in [5, 5.41) is 3.14. The van der Waals surface area contributed by atoms with Crippen molar-refractivity contribution < 1.29 is 9.53 Å². The van der Waals surface area contributed by atoms with Gasteiger partial charge in [0.2, 0.25) is 5.91 Å². The minimum absolute atomic E-state index is 0.224. The topological polar surface area (TPSA) is 41.6 Å². The predicted octanol–water partition coefficient (Wildman–Crippen LogP) is 0.481. The average Bonchev–Trinajstić information content (AvgIpc) is 2.67. The molecular weight excluding hydrogens is 192 g/mol. The number of nitrogens with one attached hydrogen (secondary N) is 1. The lowest BCUT2D eigenvalue weighted by molar-refractivity contribution is -0.129. The van der Waals surface area contributed by atoms with Crippen LogP contribution in [0.25, 0.3) is 0 Å². The molecule has 0 saturated carbocycles. The van der Waals surface area contributed by atoms with Crippen LogP contribution in [0.2, 0.25) is 0 Å². The van der Waals surface area contributed by atoms with E-state index < -0.39 is 0 Å². The Morgan fingerprint density at radius 1 is 1.60 bits per heavy atom. The smallest absolute Gasteiger partial charge is 0.236 e. The number of hydrogen-bond donors (Lipinski definition) is 1. The van der Waals surface area contributed by atoms with E-state index in [2.05, 4.69) is 12.2 Å². The first kappa shape index (κ1) is 12.5. The number of ether oxygens (including phenoxy) is 1. The highest BCUT2D eigenvalue weighted by Gasteiger charge is 2.25. The summed E-state index contributed by atoms with van der Waals surface area (Å²) in [5.41, 5.74) is 0. The summed E-state index contributed by atoms with van der Waals surface area (Å²) in [4.78, 5) is 13.6. The second-order valence-electron chi connectivity index (χ2n) is 4.13. The lowest BCUT2D eigenvalue weighted by atomic mass is 10.1. The van der Waals surface area contributed by atoms with Crippen molar-refractivity contribution in [3.63, 3.8) is 0 Å². The maximum Gasteiger partial charge on any atom is 0.236 e. The van der Waals surface area contributed by atoms with E-state index in [1.807, 2.05) is 4.90 Å². The van der Waals surface area contributed by atoms with Gasteiger partial charge in [-0.3, -0.25) is 4.79 Å². The summed E-state index contributed by atoms with van der Waals surface area (Å²) in [6.45, 7) is 6.02. The maximum atomic E-state index is 11.7. The molecule has 1 aliphatic heterocycles. The third kappa shape index (κ3) is 4.18. The fraction of sp³-hybridized carbons (Fsp3) is 0.909. The van der Waals surface area contributed by atoms with Gasteiger partial charge in [-0.05, 0) is 19.4 Å². The van der Waals surface area contributed by atoms with Crippen LogP contribution in [0, 0.1) is 5.92 Å². The number of nitrogens with zero attached hydrogens (tertiary/aromatic N) is 1. The summed E-state index contributed by atoms with van der Waals surface area (Å²) >= 11 is 0. The third-order valence-electron chi connectivity index (χ3n) is 2.74. The number of methoxy groups -OCH3 is 1. The van der Waals surface area contributed by atoms with Crippen molar-refractivity contribution in [2.75, 3.05) is 39.9 Å². The van der Waals surface area contributed by atoms with E-state index in [9.17, 15) is 4.79 Å². The summed E-state index contributed by atoms with van der Waals surface area (Å²) in [6.07, 6.45) is 2.15. The van der Waals surface area contributed by atoms with Crippen LogP contribution in [0.1, 0.15) is 19.8 Å². The van der Waals surface area contributed by atoms with Gasteiger partial charge in [0, 0.05) is 26.1 Å². The Kier molecular flexibility index (Phi) is 5.65. The molecule has 0 aromatic rings. The van der Waals surface area contributed by atoms with Crippen molar-refractivity contribution >= 4 is 5.91 Å². The van der Waals surface area contributed by atoms with Gasteiger partial charge in [0.05, 0.1) is 13.2 Å². The van der Waals surface area contributed by atoms with E-state index in [1.165, 1.54) is 0 Å². The SMILES string of the molecule is CCCNCC(=O)N1CCC(COC)C1. The van der Waals surface area contributed by atoms with Gasteiger partial charge in [-0.1, -0.05) is 6.92 Å². The third-order valence-corrected chi connectivity index (χ3v) is 2.74. The van der Waals surface area contributed by atoms with Crippen molar-refractivity contribution in [2.45, 2.75) is 19.8 Å². The van der Waals surface area contributed by atoms with Crippen LogP contribution < -0.4 is 5.32 Å². The molecule has 0 spiro atoms. The van der Waals surface area contributed by atoms with Gasteiger partial charge in [0.15, 0.2) is 0 Å². The molecule has 0 aromatic heterocycles. The Labute approximate surface area is 92.0 Å². The second kappa shape index (κ2) is 6.80. The molecule has 0 aromatic carbocycles. The van der Waals surface area contributed by atoms with Crippen LogP contribution in [0.3, 0.4) is 0 Å². The highest BCUT2D eigenvalue weighted by Crippen LogP contribution is 2.15. The highest BCUT2D eigenvalue weighted by molar-refractivity contribution is 5.78. The van der Waals surface area contributed by atoms with Gasteiger partial charge in [-0.2, -0.15) is 0 Å². The van der Waals surface area contributed by atoms with Crippen LogP contribution in [-0.2, 0) is 9.53 Å². The molecule has 1 N–H and O–H groups in total. The molecule has 1 saturated heterocycles.